The molecule has 1 saturated carbocycles. The summed E-state index contributed by atoms with van der Waals surface area (Å²) in [6, 6.07) is 4.26. The third-order valence-electron chi connectivity index (χ3n) is 4.13. The molecule has 0 aliphatic heterocycles. The predicted molar refractivity (Wildman–Crippen MR) is 93.3 cm³/mol. The van der Waals surface area contributed by atoms with Crippen LogP contribution in [0, 0.1) is 5.92 Å². The number of amides is 1. The summed E-state index contributed by atoms with van der Waals surface area (Å²) in [7, 11) is 0. The van der Waals surface area contributed by atoms with Gasteiger partial charge in [-0.25, -0.2) is 0 Å². The van der Waals surface area contributed by atoms with E-state index in [-0.39, 0.29) is 5.91 Å². The Morgan fingerprint density at radius 2 is 2.35 bits per heavy atom. The average molecular weight is 351 g/mol. The number of aromatic nitrogens is 2. The summed E-state index contributed by atoms with van der Waals surface area (Å²) >= 11 is 3.09. The molecule has 1 aliphatic carbocycles. The molecule has 2 aromatic rings. The molecule has 0 saturated heterocycles. The highest BCUT2D eigenvalue weighted by Gasteiger charge is 2.22. The normalized spacial score (nSPS) is 21.3. The fourth-order valence-corrected chi connectivity index (χ4v) is 4.14. The van der Waals surface area contributed by atoms with Crippen LogP contribution in [-0.4, -0.2) is 27.8 Å². The van der Waals surface area contributed by atoms with E-state index in [0.717, 1.165) is 11.3 Å². The van der Waals surface area contributed by atoms with E-state index in [1.54, 1.807) is 11.3 Å². The van der Waals surface area contributed by atoms with Crippen LogP contribution >= 0.6 is 23.1 Å². The number of hydrogen-bond donors (Lipinski definition) is 1. The van der Waals surface area contributed by atoms with Gasteiger partial charge < -0.3 is 9.84 Å². The second-order valence-corrected chi connectivity index (χ2v) is 7.85. The molecule has 0 spiro atoms. The molecule has 5 nitrogen and oxygen atoms in total. The van der Waals surface area contributed by atoms with Gasteiger partial charge in [-0.15, -0.1) is 23.1 Å². The van der Waals surface area contributed by atoms with Crippen LogP contribution < -0.4 is 5.32 Å². The van der Waals surface area contributed by atoms with Gasteiger partial charge in [0.25, 0.3) is 0 Å². The number of thiophene rings is 1. The fraction of sp³-hybridized carbons (Fsp3) is 0.562. The van der Waals surface area contributed by atoms with Crippen LogP contribution in [0.1, 0.15) is 38.5 Å². The highest BCUT2D eigenvalue weighted by atomic mass is 32.2. The van der Waals surface area contributed by atoms with Crippen molar-refractivity contribution in [2.45, 2.75) is 44.4 Å². The van der Waals surface area contributed by atoms with Crippen LogP contribution in [0.15, 0.2) is 22.0 Å². The summed E-state index contributed by atoms with van der Waals surface area (Å²) in [4.78, 5) is 17.4. The number of thioether (sulfide) groups is 1. The highest BCUT2D eigenvalue weighted by Crippen LogP contribution is 2.24. The van der Waals surface area contributed by atoms with Gasteiger partial charge in [-0.1, -0.05) is 31.0 Å². The summed E-state index contributed by atoms with van der Waals surface area (Å²) < 4.78 is 5.23. The molecule has 23 heavy (non-hydrogen) atoms. The SMILES string of the molecule is C[C@H]1CCCC[C@H]1NC(=O)CSCc1nc(-c2cccs2)no1. The van der Waals surface area contributed by atoms with Crippen molar-refractivity contribution < 1.29 is 9.32 Å². The quantitative estimate of drug-likeness (QED) is 0.859. The average Bonchev–Trinajstić information content (AvgIpc) is 3.20. The van der Waals surface area contributed by atoms with Crippen molar-refractivity contribution >= 4 is 29.0 Å². The summed E-state index contributed by atoms with van der Waals surface area (Å²) in [5.41, 5.74) is 0. The van der Waals surface area contributed by atoms with Crippen LogP contribution in [0.2, 0.25) is 0 Å². The van der Waals surface area contributed by atoms with Crippen molar-refractivity contribution in [2.24, 2.45) is 5.92 Å². The first-order valence-electron chi connectivity index (χ1n) is 7.96. The predicted octanol–water partition coefficient (Wildman–Crippen LogP) is 3.73. The minimum absolute atomic E-state index is 0.103. The van der Waals surface area contributed by atoms with Gasteiger partial charge in [0.15, 0.2) is 0 Å². The van der Waals surface area contributed by atoms with Gasteiger partial charge in [0.1, 0.15) is 0 Å². The van der Waals surface area contributed by atoms with Crippen molar-refractivity contribution in [3.63, 3.8) is 0 Å². The summed E-state index contributed by atoms with van der Waals surface area (Å²) in [5, 5.41) is 9.11. The first-order valence-corrected chi connectivity index (χ1v) is 9.99. The molecular formula is C16H21N3O2S2. The Labute approximate surface area is 144 Å². The molecule has 2 aromatic heterocycles. The Balaban J connectivity index is 1.41. The van der Waals surface area contributed by atoms with Gasteiger partial charge in [-0.3, -0.25) is 4.79 Å². The Morgan fingerprint density at radius 3 is 3.13 bits per heavy atom. The van der Waals surface area contributed by atoms with E-state index in [1.807, 2.05) is 17.5 Å². The van der Waals surface area contributed by atoms with Crippen molar-refractivity contribution in [2.75, 3.05) is 5.75 Å². The zero-order chi connectivity index (χ0) is 16.1. The molecule has 1 N–H and O–H groups in total. The lowest BCUT2D eigenvalue weighted by Gasteiger charge is -2.29. The molecule has 1 aliphatic rings. The molecule has 2 atom stereocenters. The molecular weight excluding hydrogens is 330 g/mol. The summed E-state index contributed by atoms with van der Waals surface area (Å²) in [6.45, 7) is 2.22. The lowest BCUT2D eigenvalue weighted by atomic mass is 9.86. The van der Waals surface area contributed by atoms with Crippen molar-refractivity contribution in [3.8, 4) is 10.7 Å². The molecule has 7 heteroatoms. The van der Waals surface area contributed by atoms with Crippen molar-refractivity contribution in [1.82, 2.24) is 15.5 Å². The molecule has 1 amide bonds. The first-order chi connectivity index (χ1) is 11.2. The number of carbonyl (C=O) groups excluding carboxylic acids is 1. The van der Waals surface area contributed by atoms with Crippen LogP contribution in [0.25, 0.3) is 10.7 Å². The van der Waals surface area contributed by atoms with Crippen molar-refractivity contribution in [1.29, 1.82) is 0 Å². The summed E-state index contributed by atoms with van der Waals surface area (Å²) in [6.07, 6.45) is 4.82. The van der Waals surface area contributed by atoms with Gasteiger partial charge in [0.05, 0.1) is 16.4 Å². The van der Waals surface area contributed by atoms with Gasteiger partial charge in [-0.2, -0.15) is 4.98 Å². The standard InChI is InChI=1S/C16H21N3O2S2/c1-11-5-2-3-6-12(11)17-14(20)9-22-10-15-18-16(19-21-15)13-7-4-8-23-13/h4,7-8,11-12H,2-3,5-6,9-10H2,1H3,(H,17,20)/t11-,12+/m0/s1. The topological polar surface area (TPSA) is 68.0 Å². The van der Waals surface area contributed by atoms with E-state index in [4.69, 9.17) is 4.52 Å². The number of hydrogen-bond acceptors (Lipinski definition) is 6. The minimum Gasteiger partial charge on any atom is -0.352 e. The number of carbonyl (C=O) groups is 1. The molecule has 124 valence electrons. The monoisotopic (exact) mass is 351 g/mol. The fourth-order valence-electron chi connectivity index (χ4n) is 2.83. The third kappa shape index (κ3) is 4.57. The Bertz CT molecular complexity index is 627. The van der Waals surface area contributed by atoms with Gasteiger partial charge in [0.2, 0.25) is 17.6 Å². The van der Waals surface area contributed by atoms with E-state index in [2.05, 4.69) is 22.4 Å². The van der Waals surface area contributed by atoms with E-state index in [0.29, 0.717) is 35.2 Å². The highest BCUT2D eigenvalue weighted by molar-refractivity contribution is 7.99. The number of nitrogens with zero attached hydrogens (tertiary/aromatic N) is 2. The molecule has 0 aromatic carbocycles. The maximum absolute atomic E-state index is 12.0. The second kappa shape index (κ2) is 7.97. The van der Waals surface area contributed by atoms with E-state index >= 15 is 0 Å². The van der Waals surface area contributed by atoms with Gasteiger partial charge >= 0.3 is 0 Å². The zero-order valence-electron chi connectivity index (χ0n) is 13.2. The van der Waals surface area contributed by atoms with E-state index in [9.17, 15) is 4.79 Å². The first kappa shape index (κ1) is 16.5. The smallest absolute Gasteiger partial charge is 0.236 e. The van der Waals surface area contributed by atoms with Gasteiger partial charge in [0, 0.05) is 6.04 Å². The maximum atomic E-state index is 12.0. The lowest BCUT2D eigenvalue weighted by molar-refractivity contribution is -0.119. The lowest BCUT2D eigenvalue weighted by Crippen LogP contribution is -2.41. The second-order valence-electron chi connectivity index (χ2n) is 5.92. The molecule has 1 fully saturated rings. The maximum Gasteiger partial charge on any atom is 0.236 e. The van der Waals surface area contributed by atoms with Gasteiger partial charge in [-0.05, 0) is 30.2 Å². The molecule has 0 radical (unpaired) electrons. The molecule has 3 rings (SSSR count). The van der Waals surface area contributed by atoms with Crippen LogP contribution in [0.3, 0.4) is 0 Å². The van der Waals surface area contributed by atoms with E-state index in [1.165, 1.54) is 31.0 Å². The molecule has 0 unspecified atom stereocenters. The Kier molecular flexibility index (Phi) is 5.72. The molecule has 0 bridgehead atoms. The van der Waals surface area contributed by atoms with Crippen molar-refractivity contribution in [3.05, 3.63) is 23.4 Å². The molecule has 2 heterocycles. The number of rotatable bonds is 6. The Morgan fingerprint density at radius 1 is 1.48 bits per heavy atom. The summed E-state index contributed by atoms with van der Waals surface area (Å²) in [5.74, 6) is 2.87. The minimum atomic E-state index is 0.103. The van der Waals surface area contributed by atoms with E-state index < -0.39 is 0 Å². The zero-order valence-corrected chi connectivity index (χ0v) is 14.8. The number of nitrogens with one attached hydrogen (secondary N) is 1. The van der Waals surface area contributed by atoms with Crippen LogP contribution in [0.5, 0.6) is 0 Å². The third-order valence-corrected chi connectivity index (χ3v) is 5.91. The largest absolute Gasteiger partial charge is 0.352 e. The van der Waals surface area contributed by atoms with Crippen LogP contribution in [0.4, 0.5) is 0 Å². The van der Waals surface area contributed by atoms with Crippen LogP contribution in [-0.2, 0) is 10.5 Å². The Hall–Kier alpha value is -1.34.